The summed E-state index contributed by atoms with van der Waals surface area (Å²) in [6.07, 6.45) is 0. The third-order valence-electron chi connectivity index (χ3n) is 2.30. The molecule has 2 heterocycles. The molecule has 0 aliphatic rings. The molecular formula is C9H11N5O2S. The first kappa shape index (κ1) is 11.4. The zero-order chi connectivity index (χ0) is 12.4. The van der Waals surface area contributed by atoms with Crippen LogP contribution >= 0.6 is 11.3 Å². The molecule has 0 radical (unpaired) electrons. The Bertz CT molecular complexity index is 628. The molecule has 90 valence electrons. The van der Waals surface area contributed by atoms with Crippen molar-refractivity contribution in [3.8, 4) is 0 Å². The van der Waals surface area contributed by atoms with E-state index in [-0.39, 0.29) is 11.5 Å². The number of aromatic amines is 1. The second-order valence-corrected chi connectivity index (χ2v) is 4.13. The van der Waals surface area contributed by atoms with Gasteiger partial charge >= 0.3 is 5.69 Å². The van der Waals surface area contributed by atoms with Crippen LogP contribution in [0.4, 0.5) is 11.5 Å². The van der Waals surface area contributed by atoms with E-state index in [1.165, 1.54) is 23.0 Å². The minimum atomic E-state index is -0.535. The molecule has 0 aliphatic heterocycles. The lowest BCUT2D eigenvalue weighted by Gasteiger charge is -2.09. The standard InChI is InChI=1S/C9H11N5O2S/c1-14-7(10)6(8(15)13-9(14)16)11-2-5-3-17-4-12-5/h3-4,11H,2,10H2,1H3,(H,13,15,16). The highest BCUT2D eigenvalue weighted by molar-refractivity contribution is 7.07. The molecule has 0 amide bonds. The van der Waals surface area contributed by atoms with Gasteiger partial charge in [-0.05, 0) is 0 Å². The molecule has 0 aliphatic carbocycles. The molecule has 2 aromatic heterocycles. The van der Waals surface area contributed by atoms with Crippen molar-refractivity contribution < 1.29 is 0 Å². The Morgan fingerprint density at radius 2 is 2.35 bits per heavy atom. The van der Waals surface area contributed by atoms with Gasteiger partial charge in [0.1, 0.15) is 11.5 Å². The van der Waals surface area contributed by atoms with Crippen molar-refractivity contribution in [3.63, 3.8) is 0 Å². The van der Waals surface area contributed by atoms with Crippen molar-refractivity contribution >= 4 is 22.8 Å². The lowest BCUT2D eigenvalue weighted by Crippen LogP contribution is -2.32. The molecule has 4 N–H and O–H groups in total. The minimum absolute atomic E-state index is 0.106. The van der Waals surface area contributed by atoms with Gasteiger partial charge in [0.25, 0.3) is 5.56 Å². The van der Waals surface area contributed by atoms with Crippen molar-refractivity contribution in [3.05, 3.63) is 37.4 Å². The lowest BCUT2D eigenvalue weighted by atomic mass is 10.4. The number of nitrogen functional groups attached to an aromatic ring is 1. The van der Waals surface area contributed by atoms with Crippen molar-refractivity contribution in [2.45, 2.75) is 6.54 Å². The van der Waals surface area contributed by atoms with E-state index in [4.69, 9.17) is 5.73 Å². The van der Waals surface area contributed by atoms with Gasteiger partial charge in [0.05, 0.1) is 17.7 Å². The van der Waals surface area contributed by atoms with E-state index in [0.29, 0.717) is 6.54 Å². The molecule has 2 aromatic rings. The topological polar surface area (TPSA) is 106 Å². The van der Waals surface area contributed by atoms with E-state index < -0.39 is 11.2 Å². The molecule has 0 bridgehead atoms. The van der Waals surface area contributed by atoms with Gasteiger partial charge in [0.15, 0.2) is 0 Å². The summed E-state index contributed by atoms with van der Waals surface area (Å²) >= 11 is 1.47. The molecule has 0 atom stereocenters. The molecule has 0 saturated carbocycles. The SMILES string of the molecule is Cn1c(N)c(NCc2cscn2)c(=O)[nH]c1=O. The van der Waals surface area contributed by atoms with Gasteiger partial charge in [-0.2, -0.15) is 0 Å². The monoisotopic (exact) mass is 253 g/mol. The van der Waals surface area contributed by atoms with E-state index in [0.717, 1.165) is 5.69 Å². The maximum absolute atomic E-state index is 11.5. The summed E-state index contributed by atoms with van der Waals surface area (Å²) in [5.41, 5.74) is 7.31. The summed E-state index contributed by atoms with van der Waals surface area (Å²) in [6, 6.07) is 0. The number of nitrogens with two attached hydrogens (primary N) is 1. The predicted molar refractivity (Wildman–Crippen MR) is 66.2 cm³/mol. The number of hydrogen-bond donors (Lipinski definition) is 3. The van der Waals surface area contributed by atoms with Crippen LogP contribution in [0, 0.1) is 0 Å². The molecule has 2 rings (SSSR count). The number of hydrogen-bond acceptors (Lipinski definition) is 6. The first-order chi connectivity index (χ1) is 8.09. The Labute approximate surface area is 99.9 Å². The van der Waals surface area contributed by atoms with Crippen LogP contribution in [0.25, 0.3) is 0 Å². The molecule has 0 fully saturated rings. The second kappa shape index (κ2) is 4.42. The summed E-state index contributed by atoms with van der Waals surface area (Å²) in [7, 11) is 1.49. The minimum Gasteiger partial charge on any atom is -0.383 e. The summed E-state index contributed by atoms with van der Waals surface area (Å²) in [5, 5.41) is 4.73. The average Bonchev–Trinajstić information content (AvgIpc) is 2.79. The van der Waals surface area contributed by atoms with Crippen LogP contribution in [0.5, 0.6) is 0 Å². The fourth-order valence-corrected chi connectivity index (χ4v) is 1.87. The third-order valence-corrected chi connectivity index (χ3v) is 2.93. The number of H-pyrrole nitrogens is 1. The maximum atomic E-state index is 11.5. The third kappa shape index (κ3) is 2.21. The Morgan fingerprint density at radius 3 is 3.00 bits per heavy atom. The molecule has 0 saturated heterocycles. The zero-order valence-corrected chi connectivity index (χ0v) is 9.87. The number of thiazole rings is 1. The van der Waals surface area contributed by atoms with E-state index in [1.54, 1.807) is 5.51 Å². The van der Waals surface area contributed by atoms with E-state index >= 15 is 0 Å². The Balaban J connectivity index is 2.30. The van der Waals surface area contributed by atoms with Crippen molar-refractivity contribution in [1.82, 2.24) is 14.5 Å². The molecular weight excluding hydrogens is 242 g/mol. The van der Waals surface area contributed by atoms with Gasteiger partial charge in [-0.25, -0.2) is 9.78 Å². The number of aromatic nitrogens is 3. The highest BCUT2D eigenvalue weighted by atomic mass is 32.1. The Kier molecular flexibility index (Phi) is 2.96. The highest BCUT2D eigenvalue weighted by Crippen LogP contribution is 2.10. The molecule has 0 spiro atoms. The quantitative estimate of drug-likeness (QED) is 0.698. The molecule has 0 aromatic carbocycles. The van der Waals surface area contributed by atoms with Crippen LogP contribution in [0.3, 0.4) is 0 Å². The van der Waals surface area contributed by atoms with Gasteiger partial charge in [-0.1, -0.05) is 0 Å². The highest BCUT2D eigenvalue weighted by Gasteiger charge is 2.09. The molecule has 8 heteroatoms. The molecule has 7 nitrogen and oxygen atoms in total. The Morgan fingerprint density at radius 1 is 1.59 bits per heavy atom. The summed E-state index contributed by atoms with van der Waals surface area (Å²) in [5.74, 6) is 0.106. The largest absolute Gasteiger partial charge is 0.383 e. The maximum Gasteiger partial charge on any atom is 0.329 e. The number of nitrogens with one attached hydrogen (secondary N) is 2. The first-order valence-electron chi connectivity index (χ1n) is 4.79. The average molecular weight is 253 g/mol. The van der Waals surface area contributed by atoms with Crippen LogP contribution < -0.4 is 22.3 Å². The van der Waals surface area contributed by atoms with Crippen LogP contribution in [0.1, 0.15) is 5.69 Å². The lowest BCUT2D eigenvalue weighted by molar-refractivity contribution is 0.812. The van der Waals surface area contributed by atoms with Gasteiger partial charge in [0.2, 0.25) is 0 Å². The van der Waals surface area contributed by atoms with Crippen molar-refractivity contribution in [2.24, 2.45) is 7.05 Å². The molecule has 17 heavy (non-hydrogen) atoms. The van der Waals surface area contributed by atoms with Crippen molar-refractivity contribution in [1.29, 1.82) is 0 Å². The van der Waals surface area contributed by atoms with E-state index in [9.17, 15) is 9.59 Å². The second-order valence-electron chi connectivity index (χ2n) is 3.41. The van der Waals surface area contributed by atoms with E-state index in [2.05, 4.69) is 15.3 Å². The van der Waals surface area contributed by atoms with Gasteiger partial charge in [0, 0.05) is 12.4 Å². The summed E-state index contributed by atoms with van der Waals surface area (Å²) in [4.78, 5) is 29.0. The summed E-state index contributed by atoms with van der Waals surface area (Å²) < 4.78 is 1.17. The normalized spacial score (nSPS) is 10.4. The van der Waals surface area contributed by atoms with Gasteiger partial charge in [-0.15, -0.1) is 11.3 Å². The van der Waals surface area contributed by atoms with E-state index in [1.807, 2.05) is 5.38 Å². The summed E-state index contributed by atoms with van der Waals surface area (Å²) in [6.45, 7) is 0.384. The fourth-order valence-electron chi connectivity index (χ4n) is 1.31. The van der Waals surface area contributed by atoms with Gasteiger partial charge in [-0.3, -0.25) is 14.3 Å². The fraction of sp³-hybridized carbons (Fsp3) is 0.222. The van der Waals surface area contributed by atoms with Crippen LogP contribution in [-0.4, -0.2) is 14.5 Å². The van der Waals surface area contributed by atoms with Crippen molar-refractivity contribution in [2.75, 3.05) is 11.1 Å². The van der Waals surface area contributed by atoms with Crippen LogP contribution in [0.2, 0.25) is 0 Å². The predicted octanol–water partition coefficient (Wildman–Crippen LogP) is -0.276. The van der Waals surface area contributed by atoms with Gasteiger partial charge < -0.3 is 11.1 Å². The molecule has 0 unspecified atom stereocenters. The first-order valence-corrected chi connectivity index (χ1v) is 5.73. The number of rotatable bonds is 3. The smallest absolute Gasteiger partial charge is 0.329 e. The van der Waals surface area contributed by atoms with Crippen LogP contribution in [0.15, 0.2) is 20.5 Å². The Hall–Kier alpha value is -2.09. The number of nitrogens with zero attached hydrogens (tertiary/aromatic N) is 2. The number of anilines is 2. The zero-order valence-electron chi connectivity index (χ0n) is 9.06. The van der Waals surface area contributed by atoms with Crippen LogP contribution in [-0.2, 0) is 13.6 Å².